The highest BCUT2D eigenvalue weighted by atomic mass is 16.4. The molecule has 17 heavy (non-hydrogen) atoms. The summed E-state index contributed by atoms with van der Waals surface area (Å²) in [5, 5.41) is 8.54. The number of hydrogen-bond acceptors (Lipinski definition) is 3. The first-order valence-corrected chi connectivity index (χ1v) is 5.52. The van der Waals surface area contributed by atoms with E-state index in [-0.39, 0.29) is 24.6 Å². The molecular formula is C12H17NO4. The maximum absolute atomic E-state index is 11.9. The Kier molecular flexibility index (Phi) is 4.31. The smallest absolute Gasteiger partial charge is 0.305 e. The molecule has 5 heteroatoms. The van der Waals surface area contributed by atoms with Gasteiger partial charge in [0.2, 0.25) is 0 Å². The minimum absolute atomic E-state index is 0.0669. The number of carbonyl (C=O) groups is 2. The Morgan fingerprint density at radius 2 is 2.12 bits per heavy atom. The quantitative estimate of drug-likeness (QED) is 0.848. The lowest BCUT2D eigenvalue weighted by atomic mass is 10.2. The van der Waals surface area contributed by atoms with Crippen LogP contribution in [0.3, 0.4) is 0 Å². The fourth-order valence-corrected chi connectivity index (χ4v) is 1.53. The number of carbonyl (C=O) groups excluding carboxylic acids is 1. The Bertz CT molecular complexity index is 422. The molecule has 1 rings (SSSR count). The molecule has 0 saturated heterocycles. The highest BCUT2D eigenvalue weighted by Crippen LogP contribution is 2.16. The van der Waals surface area contributed by atoms with Gasteiger partial charge < -0.3 is 14.4 Å². The van der Waals surface area contributed by atoms with Crippen LogP contribution in [-0.2, 0) is 11.2 Å². The Hall–Kier alpha value is -1.78. The molecule has 0 aromatic carbocycles. The fraction of sp³-hybridized carbons (Fsp3) is 0.500. The van der Waals surface area contributed by atoms with Crippen molar-refractivity contribution in [3.05, 3.63) is 23.2 Å². The van der Waals surface area contributed by atoms with Crippen LogP contribution < -0.4 is 0 Å². The molecule has 1 heterocycles. The van der Waals surface area contributed by atoms with Crippen LogP contribution >= 0.6 is 0 Å². The van der Waals surface area contributed by atoms with E-state index in [4.69, 9.17) is 9.52 Å². The summed E-state index contributed by atoms with van der Waals surface area (Å²) >= 11 is 0. The summed E-state index contributed by atoms with van der Waals surface area (Å²) in [4.78, 5) is 23.6. The topological polar surface area (TPSA) is 70.8 Å². The van der Waals surface area contributed by atoms with E-state index in [9.17, 15) is 9.59 Å². The first kappa shape index (κ1) is 13.3. The summed E-state index contributed by atoms with van der Waals surface area (Å²) in [6, 6.07) is 1.69. The van der Waals surface area contributed by atoms with Gasteiger partial charge in [0.15, 0.2) is 5.76 Å². The number of rotatable bonds is 5. The van der Waals surface area contributed by atoms with Gasteiger partial charge in [-0.05, 0) is 18.6 Å². The first-order valence-electron chi connectivity index (χ1n) is 5.52. The van der Waals surface area contributed by atoms with Crippen LogP contribution in [0.5, 0.6) is 0 Å². The zero-order valence-corrected chi connectivity index (χ0v) is 10.3. The molecule has 0 radical (unpaired) electrons. The lowest BCUT2D eigenvalue weighted by molar-refractivity contribution is -0.137. The monoisotopic (exact) mass is 239 g/mol. The van der Waals surface area contributed by atoms with Gasteiger partial charge in [0.05, 0.1) is 6.42 Å². The van der Waals surface area contributed by atoms with Crippen molar-refractivity contribution in [3.8, 4) is 0 Å². The van der Waals surface area contributed by atoms with E-state index in [0.29, 0.717) is 0 Å². The third kappa shape index (κ3) is 3.34. The number of carboxylic acid groups (broad SMARTS) is 1. The molecule has 5 nitrogen and oxygen atoms in total. The standard InChI is InChI=1S/C12H17NO4/c1-4-9-8(2)7-10(17-9)12(16)13(3)6-5-11(14)15/h7H,4-6H2,1-3H3,(H,14,15). The Balaban J connectivity index is 2.71. The molecule has 0 fully saturated rings. The van der Waals surface area contributed by atoms with Gasteiger partial charge in [0.25, 0.3) is 5.91 Å². The van der Waals surface area contributed by atoms with Crippen LogP contribution in [0.15, 0.2) is 10.5 Å². The van der Waals surface area contributed by atoms with Crippen molar-refractivity contribution in [1.82, 2.24) is 4.90 Å². The third-order valence-electron chi connectivity index (χ3n) is 2.56. The lowest BCUT2D eigenvalue weighted by Gasteiger charge is -2.13. The lowest BCUT2D eigenvalue weighted by Crippen LogP contribution is -2.28. The van der Waals surface area contributed by atoms with E-state index in [0.717, 1.165) is 17.7 Å². The summed E-state index contributed by atoms with van der Waals surface area (Å²) in [6.07, 6.45) is 0.667. The molecule has 0 atom stereocenters. The van der Waals surface area contributed by atoms with Crippen molar-refractivity contribution in [1.29, 1.82) is 0 Å². The second-order valence-corrected chi connectivity index (χ2v) is 3.94. The SMILES string of the molecule is CCc1oc(C(=O)N(C)CCC(=O)O)cc1C. The van der Waals surface area contributed by atoms with E-state index in [1.54, 1.807) is 13.1 Å². The van der Waals surface area contributed by atoms with Crippen LogP contribution in [0.2, 0.25) is 0 Å². The van der Waals surface area contributed by atoms with E-state index in [2.05, 4.69) is 0 Å². The third-order valence-corrected chi connectivity index (χ3v) is 2.56. The summed E-state index contributed by atoms with van der Waals surface area (Å²) in [5.74, 6) is -0.143. The maximum atomic E-state index is 11.9. The van der Waals surface area contributed by atoms with Crippen LogP contribution in [0.25, 0.3) is 0 Å². The second kappa shape index (κ2) is 5.52. The highest BCUT2D eigenvalue weighted by molar-refractivity contribution is 5.91. The van der Waals surface area contributed by atoms with Crippen LogP contribution in [0.4, 0.5) is 0 Å². The number of furan rings is 1. The van der Waals surface area contributed by atoms with Crippen LogP contribution in [0, 0.1) is 6.92 Å². The Morgan fingerprint density at radius 3 is 2.59 bits per heavy atom. The summed E-state index contributed by atoms with van der Waals surface area (Å²) in [7, 11) is 1.56. The highest BCUT2D eigenvalue weighted by Gasteiger charge is 2.18. The van der Waals surface area contributed by atoms with Crippen molar-refractivity contribution in [2.24, 2.45) is 0 Å². The largest absolute Gasteiger partial charge is 0.481 e. The molecular weight excluding hydrogens is 222 g/mol. The number of hydrogen-bond donors (Lipinski definition) is 1. The fourth-order valence-electron chi connectivity index (χ4n) is 1.53. The van der Waals surface area contributed by atoms with E-state index >= 15 is 0 Å². The molecule has 0 spiro atoms. The van der Waals surface area contributed by atoms with Crippen molar-refractivity contribution >= 4 is 11.9 Å². The van der Waals surface area contributed by atoms with Gasteiger partial charge >= 0.3 is 5.97 Å². The predicted molar refractivity (Wildman–Crippen MR) is 62.0 cm³/mol. The molecule has 0 bridgehead atoms. The van der Waals surface area contributed by atoms with Crippen LogP contribution in [0.1, 0.15) is 35.2 Å². The second-order valence-electron chi connectivity index (χ2n) is 3.94. The van der Waals surface area contributed by atoms with Gasteiger partial charge in [-0.3, -0.25) is 9.59 Å². The molecule has 0 saturated carbocycles. The average molecular weight is 239 g/mol. The van der Waals surface area contributed by atoms with Gasteiger partial charge in [-0.15, -0.1) is 0 Å². The van der Waals surface area contributed by atoms with E-state index in [1.807, 2.05) is 13.8 Å². The zero-order chi connectivity index (χ0) is 13.0. The van der Waals surface area contributed by atoms with Crippen molar-refractivity contribution in [3.63, 3.8) is 0 Å². The van der Waals surface area contributed by atoms with E-state index < -0.39 is 5.97 Å². The average Bonchev–Trinajstić information content (AvgIpc) is 2.66. The Labute approximate surface area is 100 Å². The molecule has 94 valence electrons. The number of amides is 1. The minimum Gasteiger partial charge on any atom is -0.481 e. The Morgan fingerprint density at radius 1 is 1.47 bits per heavy atom. The molecule has 1 N–H and O–H groups in total. The number of aliphatic carboxylic acids is 1. The van der Waals surface area contributed by atoms with Gasteiger partial charge in [-0.1, -0.05) is 6.92 Å². The molecule has 0 aliphatic heterocycles. The molecule has 1 amide bonds. The summed E-state index contributed by atoms with van der Waals surface area (Å²) < 4.78 is 5.41. The van der Waals surface area contributed by atoms with Crippen LogP contribution in [-0.4, -0.2) is 35.5 Å². The molecule has 0 aliphatic carbocycles. The van der Waals surface area contributed by atoms with Gasteiger partial charge in [0.1, 0.15) is 5.76 Å². The molecule has 1 aromatic rings. The number of carboxylic acids is 1. The zero-order valence-electron chi connectivity index (χ0n) is 10.3. The maximum Gasteiger partial charge on any atom is 0.305 e. The molecule has 0 unspecified atom stereocenters. The van der Waals surface area contributed by atoms with Crippen molar-refractivity contribution < 1.29 is 19.1 Å². The van der Waals surface area contributed by atoms with Crippen molar-refractivity contribution in [2.75, 3.05) is 13.6 Å². The molecule has 0 aliphatic rings. The normalized spacial score (nSPS) is 10.3. The van der Waals surface area contributed by atoms with E-state index in [1.165, 1.54) is 4.90 Å². The number of nitrogens with zero attached hydrogens (tertiary/aromatic N) is 1. The summed E-state index contributed by atoms with van der Waals surface area (Å²) in [5.41, 5.74) is 0.947. The number of aryl methyl sites for hydroxylation is 2. The molecule has 1 aromatic heterocycles. The minimum atomic E-state index is -0.922. The van der Waals surface area contributed by atoms with Gasteiger partial charge in [-0.25, -0.2) is 0 Å². The first-order chi connectivity index (χ1) is 7.95. The van der Waals surface area contributed by atoms with Gasteiger partial charge in [0, 0.05) is 20.0 Å². The predicted octanol–water partition coefficient (Wildman–Crippen LogP) is 1.70. The van der Waals surface area contributed by atoms with Crippen molar-refractivity contribution in [2.45, 2.75) is 26.7 Å². The summed E-state index contributed by atoms with van der Waals surface area (Å²) in [6.45, 7) is 4.01. The van der Waals surface area contributed by atoms with Gasteiger partial charge in [-0.2, -0.15) is 0 Å².